The standard InChI is InChI=1S/C8H17NO/c1-6-3-4-7(9)8(2,10)5-6/h6-7,10H,3-5,9H2,1-2H3. The van der Waals surface area contributed by atoms with E-state index in [1.807, 2.05) is 6.92 Å². The maximum atomic E-state index is 9.69. The highest BCUT2D eigenvalue weighted by atomic mass is 16.3. The van der Waals surface area contributed by atoms with Crippen LogP contribution in [0.15, 0.2) is 0 Å². The molecule has 2 nitrogen and oxygen atoms in total. The van der Waals surface area contributed by atoms with Crippen LogP contribution in [0.5, 0.6) is 0 Å². The third-order valence-electron chi connectivity index (χ3n) is 2.53. The zero-order valence-electron chi connectivity index (χ0n) is 6.80. The molecule has 3 unspecified atom stereocenters. The maximum Gasteiger partial charge on any atom is 0.0772 e. The molecule has 10 heavy (non-hydrogen) atoms. The maximum absolute atomic E-state index is 9.69. The van der Waals surface area contributed by atoms with Crippen molar-refractivity contribution in [1.29, 1.82) is 0 Å². The molecule has 0 aromatic carbocycles. The van der Waals surface area contributed by atoms with Crippen LogP contribution in [0.25, 0.3) is 0 Å². The molecule has 1 aliphatic rings. The highest BCUT2D eigenvalue weighted by molar-refractivity contribution is 4.90. The van der Waals surface area contributed by atoms with E-state index in [4.69, 9.17) is 5.73 Å². The van der Waals surface area contributed by atoms with Crippen LogP contribution in [0, 0.1) is 5.92 Å². The Balaban J connectivity index is 2.55. The molecule has 2 heteroatoms. The van der Waals surface area contributed by atoms with Gasteiger partial charge in [-0.25, -0.2) is 0 Å². The molecular formula is C8H17NO. The van der Waals surface area contributed by atoms with Gasteiger partial charge in [-0.15, -0.1) is 0 Å². The number of nitrogens with two attached hydrogens (primary N) is 1. The smallest absolute Gasteiger partial charge is 0.0772 e. The summed E-state index contributed by atoms with van der Waals surface area (Å²) in [4.78, 5) is 0. The number of rotatable bonds is 0. The van der Waals surface area contributed by atoms with Crippen LogP contribution < -0.4 is 5.73 Å². The predicted molar refractivity (Wildman–Crippen MR) is 41.6 cm³/mol. The van der Waals surface area contributed by atoms with Crippen LogP contribution in [-0.2, 0) is 0 Å². The lowest BCUT2D eigenvalue weighted by molar-refractivity contribution is -0.0136. The first-order valence-electron chi connectivity index (χ1n) is 4.00. The largest absolute Gasteiger partial charge is 0.389 e. The van der Waals surface area contributed by atoms with Gasteiger partial charge in [-0.3, -0.25) is 0 Å². The second-order valence-electron chi connectivity index (χ2n) is 3.85. The van der Waals surface area contributed by atoms with Crippen LogP contribution in [0.4, 0.5) is 0 Å². The first kappa shape index (κ1) is 8.02. The zero-order chi connectivity index (χ0) is 7.78. The highest BCUT2D eigenvalue weighted by Gasteiger charge is 2.34. The minimum atomic E-state index is -0.613. The molecule has 0 aliphatic heterocycles. The third-order valence-corrected chi connectivity index (χ3v) is 2.53. The summed E-state index contributed by atoms with van der Waals surface area (Å²) in [7, 11) is 0. The minimum Gasteiger partial charge on any atom is -0.389 e. The van der Waals surface area contributed by atoms with Gasteiger partial charge in [0.05, 0.1) is 5.60 Å². The van der Waals surface area contributed by atoms with Gasteiger partial charge in [0, 0.05) is 6.04 Å². The van der Waals surface area contributed by atoms with Gasteiger partial charge in [-0.1, -0.05) is 6.92 Å². The fraction of sp³-hybridized carbons (Fsp3) is 1.00. The normalized spacial score (nSPS) is 49.2. The molecular weight excluding hydrogens is 126 g/mol. The molecule has 1 saturated carbocycles. The lowest BCUT2D eigenvalue weighted by atomic mass is 9.77. The van der Waals surface area contributed by atoms with Gasteiger partial charge < -0.3 is 10.8 Å². The fourth-order valence-electron chi connectivity index (χ4n) is 1.73. The molecule has 3 atom stereocenters. The Morgan fingerprint density at radius 1 is 1.50 bits per heavy atom. The number of aliphatic hydroxyl groups is 1. The highest BCUT2D eigenvalue weighted by Crippen LogP contribution is 2.30. The van der Waals surface area contributed by atoms with Crippen molar-refractivity contribution in [2.75, 3.05) is 0 Å². The van der Waals surface area contributed by atoms with E-state index in [0.29, 0.717) is 5.92 Å². The van der Waals surface area contributed by atoms with Crippen molar-refractivity contribution in [2.24, 2.45) is 11.7 Å². The number of hydrogen-bond donors (Lipinski definition) is 2. The average Bonchev–Trinajstić information content (AvgIpc) is 1.78. The summed E-state index contributed by atoms with van der Waals surface area (Å²) >= 11 is 0. The summed E-state index contributed by atoms with van der Waals surface area (Å²) in [5.41, 5.74) is 5.11. The van der Waals surface area contributed by atoms with Crippen LogP contribution in [0.2, 0.25) is 0 Å². The zero-order valence-corrected chi connectivity index (χ0v) is 6.80. The van der Waals surface area contributed by atoms with E-state index in [2.05, 4.69) is 6.92 Å². The van der Waals surface area contributed by atoms with Gasteiger partial charge in [-0.05, 0) is 32.1 Å². The van der Waals surface area contributed by atoms with E-state index >= 15 is 0 Å². The van der Waals surface area contributed by atoms with E-state index in [9.17, 15) is 5.11 Å². The Bertz CT molecular complexity index is 122. The fourth-order valence-corrected chi connectivity index (χ4v) is 1.73. The summed E-state index contributed by atoms with van der Waals surface area (Å²) in [6.07, 6.45) is 2.99. The lowest BCUT2D eigenvalue weighted by Crippen LogP contribution is -2.49. The first-order chi connectivity index (χ1) is 4.52. The van der Waals surface area contributed by atoms with Crippen LogP contribution in [-0.4, -0.2) is 16.7 Å². The Morgan fingerprint density at radius 3 is 2.50 bits per heavy atom. The Labute approximate surface area is 62.4 Å². The monoisotopic (exact) mass is 143 g/mol. The van der Waals surface area contributed by atoms with Gasteiger partial charge in [0.1, 0.15) is 0 Å². The van der Waals surface area contributed by atoms with Gasteiger partial charge in [0.25, 0.3) is 0 Å². The van der Waals surface area contributed by atoms with E-state index < -0.39 is 5.60 Å². The van der Waals surface area contributed by atoms with E-state index in [1.54, 1.807) is 0 Å². The van der Waals surface area contributed by atoms with Crippen LogP contribution in [0.3, 0.4) is 0 Å². The van der Waals surface area contributed by atoms with E-state index in [1.165, 1.54) is 0 Å². The van der Waals surface area contributed by atoms with Crippen molar-refractivity contribution in [1.82, 2.24) is 0 Å². The van der Waals surface area contributed by atoms with Crippen molar-refractivity contribution in [3.8, 4) is 0 Å². The van der Waals surface area contributed by atoms with Crippen molar-refractivity contribution in [3.05, 3.63) is 0 Å². The van der Waals surface area contributed by atoms with Crippen molar-refractivity contribution < 1.29 is 5.11 Å². The van der Waals surface area contributed by atoms with E-state index in [0.717, 1.165) is 19.3 Å². The van der Waals surface area contributed by atoms with Crippen molar-refractivity contribution in [3.63, 3.8) is 0 Å². The van der Waals surface area contributed by atoms with Crippen LogP contribution >= 0.6 is 0 Å². The molecule has 0 amide bonds. The molecule has 0 heterocycles. The SMILES string of the molecule is CC1CCC(N)C(C)(O)C1. The van der Waals surface area contributed by atoms with Gasteiger partial charge in [-0.2, -0.15) is 0 Å². The molecule has 3 N–H and O–H groups in total. The molecule has 0 saturated heterocycles. The van der Waals surface area contributed by atoms with Gasteiger partial charge >= 0.3 is 0 Å². The summed E-state index contributed by atoms with van der Waals surface area (Å²) < 4.78 is 0. The van der Waals surface area contributed by atoms with Gasteiger partial charge in [0.15, 0.2) is 0 Å². The second-order valence-corrected chi connectivity index (χ2v) is 3.85. The van der Waals surface area contributed by atoms with Crippen LogP contribution in [0.1, 0.15) is 33.1 Å². The molecule has 1 fully saturated rings. The summed E-state index contributed by atoms with van der Waals surface area (Å²) in [5, 5.41) is 9.69. The molecule has 0 bridgehead atoms. The lowest BCUT2D eigenvalue weighted by Gasteiger charge is -2.37. The van der Waals surface area contributed by atoms with E-state index in [-0.39, 0.29) is 6.04 Å². The van der Waals surface area contributed by atoms with Crippen molar-refractivity contribution >= 4 is 0 Å². The van der Waals surface area contributed by atoms with Gasteiger partial charge in [0.2, 0.25) is 0 Å². The second kappa shape index (κ2) is 2.51. The summed E-state index contributed by atoms with van der Waals surface area (Å²) in [6, 6.07) is -0.0105. The van der Waals surface area contributed by atoms with Crippen molar-refractivity contribution in [2.45, 2.75) is 44.8 Å². The summed E-state index contributed by atoms with van der Waals surface area (Å²) in [5.74, 6) is 0.634. The topological polar surface area (TPSA) is 46.2 Å². The Kier molecular flexibility index (Phi) is 2.02. The molecule has 60 valence electrons. The predicted octanol–water partition coefficient (Wildman–Crippen LogP) is 0.885. The third kappa shape index (κ3) is 1.50. The molecule has 0 aromatic heterocycles. The Hall–Kier alpha value is -0.0800. The molecule has 1 rings (SSSR count). The number of hydrogen-bond acceptors (Lipinski definition) is 2. The minimum absolute atomic E-state index is 0.0105. The molecule has 1 aliphatic carbocycles. The summed E-state index contributed by atoms with van der Waals surface area (Å²) in [6.45, 7) is 4.01. The molecule has 0 spiro atoms. The molecule has 0 radical (unpaired) electrons. The average molecular weight is 143 g/mol. The first-order valence-corrected chi connectivity index (χ1v) is 4.00. The quantitative estimate of drug-likeness (QED) is 0.529. The Morgan fingerprint density at radius 2 is 2.10 bits per heavy atom. The molecule has 0 aromatic rings.